The predicted octanol–water partition coefficient (Wildman–Crippen LogP) is 4.56. The summed E-state index contributed by atoms with van der Waals surface area (Å²) in [5.41, 5.74) is -7.47. The van der Waals surface area contributed by atoms with Crippen LogP contribution in [-0.4, -0.2) is 36.5 Å². The fourth-order valence-corrected chi connectivity index (χ4v) is 1.48. The Morgan fingerprint density at radius 1 is 0.773 bits per heavy atom. The molecule has 0 saturated heterocycles. The molecule has 0 aromatic carbocycles. The molecule has 12 heteroatoms. The van der Waals surface area contributed by atoms with E-state index < -0.39 is 42.2 Å². The molecule has 1 heterocycles. The molecular formula is C10H5F11O. The van der Waals surface area contributed by atoms with Crippen LogP contribution in [0.5, 0.6) is 0 Å². The molecule has 1 nitrogen and oxygen atoms in total. The summed E-state index contributed by atoms with van der Waals surface area (Å²) < 4.78 is 144. The van der Waals surface area contributed by atoms with Gasteiger partial charge >= 0.3 is 29.9 Å². The quantitative estimate of drug-likeness (QED) is 0.678. The first-order chi connectivity index (χ1) is 9.61. The lowest BCUT2D eigenvalue weighted by molar-refractivity contribution is -0.424. The van der Waals surface area contributed by atoms with Crippen LogP contribution in [0.1, 0.15) is 0 Å². The van der Waals surface area contributed by atoms with Crippen molar-refractivity contribution in [3.63, 3.8) is 0 Å². The van der Waals surface area contributed by atoms with E-state index in [-0.39, 0.29) is 6.08 Å². The number of ether oxygens (including phenoxy) is 1. The maximum absolute atomic E-state index is 13.4. The van der Waals surface area contributed by atoms with Crippen molar-refractivity contribution in [3.8, 4) is 0 Å². The van der Waals surface area contributed by atoms with Gasteiger partial charge in [0.15, 0.2) is 5.76 Å². The monoisotopic (exact) mass is 350 g/mol. The van der Waals surface area contributed by atoms with Gasteiger partial charge in [0.2, 0.25) is 0 Å². The predicted molar refractivity (Wildman–Crippen MR) is 49.0 cm³/mol. The average Bonchev–Trinajstić information content (AvgIpc) is 2.35. The Hall–Kier alpha value is -1.49. The Morgan fingerprint density at radius 2 is 1.23 bits per heavy atom. The van der Waals surface area contributed by atoms with Crippen molar-refractivity contribution >= 4 is 0 Å². The third-order valence-corrected chi connectivity index (χ3v) is 2.64. The Balaban J connectivity index is 3.52. The lowest BCUT2D eigenvalue weighted by atomic mass is 9.89. The highest BCUT2D eigenvalue weighted by atomic mass is 19.4. The van der Waals surface area contributed by atoms with Crippen LogP contribution >= 0.6 is 0 Å². The van der Waals surface area contributed by atoms with Crippen molar-refractivity contribution in [2.24, 2.45) is 0 Å². The molecule has 0 aliphatic carbocycles. The molecule has 0 bridgehead atoms. The zero-order valence-corrected chi connectivity index (χ0v) is 10.0. The molecule has 0 N–H and O–H groups in total. The van der Waals surface area contributed by atoms with Gasteiger partial charge in [-0.3, -0.25) is 0 Å². The van der Waals surface area contributed by atoms with Crippen LogP contribution < -0.4 is 0 Å². The minimum atomic E-state index is -7.47. The van der Waals surface area contributed by atoms with E-state index in [4.69, 9.17) is 0 Å². The first-order valence-electron chi connectivity index (χ1n) is 5.19. The van der Waals surface area contributed by atoms with Gasteiger partial charge in [-0.25, -0.2) is 4.39 Å². The zero-order valence-electron chi connectivity index (χ0n) is 10.0. The molecule has 0 saturated carbocycles. The summed E-state index contributed by atoms with van der Waals surface area (Å²) >= 11 is 0. The van der Waals surface area contributed by atoms with Crippen LogP contribution in [0.2, 0.25) is 0 Å². The molecule has 0 fully saturated rings. The molecular weight excluding hydrogens is 345 g/mol. The largest absolute Gasteiger partial charge is 0.487 e. The summed E-state index contributed by atoms with van der Waals surface area (Å²) in [6.07, 6.45) is -13.1. The number of allylic oxidation sites excluding steroid dienone is 3. The van der Waals surface area contributed by atoms with Crippen molar-refractivity contribution in [3.05, 3.63) is 24.0 Å². The standard InChI is InChI=1S/C10H5F11O/c11-6(12,5-3-1-2-4-22-5)8(14,15)7(13,9(16,17)18)10(19,20)21/h1-3H,4H2. The third kappa shape index (κ3) is 2.41. The number of halogens is 11. The molecule has 1 rings (SSSR count). The van der Waals surface area contributed by atoms with Crippen molar-refractivity contribution < 1.29 is 53.0 Å². The van der Waals surface area contributed by atoms with Gasteiger partial charge in [0.05, 0.1) is 0 Å². The van der Waals surface area contributed by atoms with Crippen molar-refractivity contribution in [2.45, 2.75) is 29.9 Å². The smallest absolute Gasteiger partial charge is 0.438 e. The molecule has 1 aliphatic heterocycles. The van der Waals surface area contributed by atoms with Gasteiger partial charge in [-0.1, -0.05) is 6.08 Å². The molecule has 0 aromatic heterocycles. The highest BCUT2D eigenvalue weighted by Crippen LogP contribution is 2.60. The SMILES string of the molecule is FC(F)(F)C(F)(C(F)(F)F)C(F)(F)C(F)(F)C1=CC=CCO1. The van der Waals surface area contributed by atoms with Crippen molar-refractivity contribution in [1.29, 1.82) is 0 Å². The van der Waals surface area contributed by atoms with Gasteiger partial charge in [0.1, 0.15) is 6.61 Å². The van der Waals surface area contributed by atoms with Crippen LogP contribution in [0.4, 0.5) is 48.3 Å². The van der Waals surface area contributed by atoms with Crippen LogP contribution in [0.15, 0.2) is 24.0 Å². The molecule has 0 aromatic rings. The van der Waals surface area contributed by atoms with Crippen LogP contribution in [0, 0.1) is 0 Å². The average molecular weight is 350 g/mol. The second-order valence-electron chi connectivity index (χ2n) is 4.07. The normalized spacial score (nSPS) is 18.0. The van der Waals surface area contributed by atoms with E-state index in [0.717, 1.165) is 6.08 Å². The van der Waals surface area contributed by atoms with E-state index in [1.165, 1.54) is 0 Å². The minimum Gasteiger partial charge on any atom is -0.487 e. The maximum atomic E-state index is 13.4. The summed E-state index contributed by atoms with van der Waals surface area (Å²) in [4.78, 5) is 0. The topological polar surface area (TPSA) is 9.23 Å². The van der Waals surface area contributed by atoms with Gasteiger partial charge in [-0.15, -0.1) is 0 Å². The van der Waals surface area contributed by atoms with Gasteiger partial charge in [-0.05, 0) is 12.2 Å². The van der Waals surface area contributed by atoms with Crippen LogP contribution in [0.25, 0.3) is 0 Å². The highest BCUT2D eigenvalue weighted by Gasteiger charge is 2.90. The van der Waals surface area contributed by atoms with E-state index in [1.807, 2.05) is 0 Å². The van der Waals surface area contributed by atoms with E-state index in [9.17, 15) is 48.3 Å². The van der Waals surface area contributed by atoms with Crippen LogP contribution in [-0.2, 0) is 4.74 Å². The molecule has 1 aliphatic rings. The lowest BCUT2D eigenvalue weighted by Crippen LogP contribution is -2.70. The Labute approximate surface area is 115 Å². The molecule has 128 valence electrons. The van der Waals surface area contributed by atoms with Gasteiger partial charge in [-0.2, -0.15) is 43.9 Å². The van der Waals surface area contributed by atoms with Gasteiger partial charge in [0.25, 0.3) is 0 Å². The summed E-state index contributed by atoms with van der Waals surface area (Å²) in [7, 11) is 0. The van der Waals surface area contributed by atoms with E-state index in [0.29, 0.717) is 6.08 Å². The molecule has 22 heavy (non-hydrogen) atoms. The van der Waals surface area contributed by atoms with Crippen molar-refractivity contribution in [2.75, 3.05) is 6.61 Å². The highest BCUT2D eigenvalue weighted by molar-refractivity contribution is 5.25. The van der Waals surface area contributed by atoms with E-state index >= 15 is 0 Å². The van der Waals surface area contributed by atoms with Gasteiger partial charge < -0.3 is 4.74 Å². The van der Waals surface area contributed by atoms with Crippen LogP contribution in [0.3, 0.4) is 0 Å². The first kappa shape index (κ1) is 18.6. The summed E-state index contributed by atoms with van der Waals surface area (Å²) in [5, 5.41) is 0. The van der Waals surface area contributed by atoms with E-state index in [1.54, 1.807) is 0 Å². The lowest BCUT2D eigenvalue weighted by Gasteiger charge is -2.40. The third-order valence-electron chi connectivity index (χ3n) is 2.64. The second kappa shape index (κ2) is 5.01. The zero-order chi connectivity index (χ0) is 17.6. The fourth-order valence-electron chi connectivity index (χ4n) is 1.48. The number of rotatable bonds is 3. The summed E-state index contributed by atoms with van der Waals surface area (Å²) in [6, 6.07) is 0. The maximum Gasteiger partial charge on any atom is 0.438 e. The van der Waals surface area contributed by atoms with Gasteiger partial charge in [0, 0.05) is 0 Å². The summed E-state index contributed by atoms with van der Waals surface area (Å²) in [5.74, 6) is -15.6. The fraction of sp³-hybridized carbons (Fsp3) is 0.600. The summed E-state index contributed by atoms with van der Waals surface area (Å²) in [6.45, 7) is -0.811. The molecule has 0 radical (unpaired) electrons. The molecule has 0 unspecified atom stereocenters. The molecule has 0 atom stereocenters. The second-order valence-corrected chi connectivity index (χ2v) is 4.07. The van der Waals surface area contributed by atoms with E-state index in [2.05, 4.69) is 4.74 Å². The Bertz CT molecular complexity index is 468. The Morgan fingerprint density at radius 3 is 1.55 bits per heavy atom. The molecule has 0 spiro atoms. The Kier molecular flexibility index (Phi) is 4.23. The number of hydrogen-bond acceptors (Lipinski definition) is 1. The first-order valence-corrected chi connectivity index (χ1v) is 5.19. The number of hydrogen-bond donors (Lipinski definition) is 0. The minimum absolute atomic E-state index is 0.0184. The molecule has 0 amide bonds. The number of alkyl halides is 11. The van der Waals surface area contributed by atoms with Crippen molar-refractivity contribution in [1.82, 2.24) is 0 Å².